The SMILES string of the molecule is CC1CCN(C(=O)CCC(=O)N2CCc3cc(S(=O)(=O)NC4CCCCC4)ccc32)CC1. The Kier molecular flexibility index (Phi) is 7.20. The molecule has 0 aromatic heterocycles. The lowest BCUT2D eigenvalue weighted by atomic mass is 9.96. The Hall–Kier alpha value is -1.93. The van der Waals surface area contributed by atoms with Gasteiger partial charge in [-0.3, -0.25) is 9.59 Å². The Labute approximate surface area is 191 Å². The van der Waals surface area contributed by atoms with Gasteiger partial charge in [0.15, 0.2) is 0 Å². The predicted octanol–water partition coefficient (Wildman–Crippen LogP) is 3.23. The van der Waals surface area contributed by atoms with Crippen LogP contribution in [-0.4, -0.2) is 50.8 Å². The number of benzene rings is 1. The average molecular weight is 462 g/mol. The van der Waals surface area contributed by atoms with Gasteiger partial charge in [0.25, 0.3) is 0 Å². The second-order valence-electron chi connectivity index (χ2n) is 9.61. The highest BCUT2D eigenvalue weighted by atomic mass is 32.2. The van der Waals surface area contributed by atoms with Gasteiger partial charge in [-0.25, -0.2) is 13.1 Å². The van der Waals surface area contributed by atoms with E-state index >= 15 is 0 Å². The summed E-state index contributed by atoms with van der Waals surface area (Å²) in [5.41, 5.74) is 1.65. The van der Waals surface area contributed by atoms with E-state index in [-0.39, 0.29) is 35.6 Å². The van der Waals surface area contributed by atoms with Crippen LogP contribution in [0.25, 0.3) is 0 Å². The molecule has 1 saturated carbocycles. The fourth-order valence-corrected chi connectivity index (χ4v) is 6.43. The molecule has 2 heterocycles. The van der Waals surface area contributed by atoms with Gasteiger partial charge < -0.3 is 9.80 Å². The summed E-state index contributed by atoms with van der Waals surface area (Å²) in [6.45, 7) is 4.31. The van der Waals surface area contributed by atoms with Crippen LogP contribution in [0.15, 0.2) is 23.1 Å². The second kappa shape index (κ2) is 9.91. The molecule has 2 amide bonds. The van der Waals surface area contributed by atoms with Crippen molar-refractivity contribution < 1.29 is 18.0 Å². The van der Waals surface area contributed by atoms with E-state index in [4.69, 9.17) is 0 Å². The second-order valence-corrected chi connectivity index (χ2v) is 11.3. The predicted molar refractivity (Wildman–Crippen MR) is 124 cm³/mol. The molecule has 0 spiro atoms. The van der Waals surface area contributed by atoms with Crippen molar-refractivity contribution in [1.29, 1.82) is 0 Å². The third-order valence-corrected chi connectivity index (χ3v) is 8.69. The van der Waals surface area contributed by atoms with Gasteiger partial charge in [-0.05, 0) is 61.8 Å². The van der Waals surface area contributed by atoms with Crippen LogP contribution in [0.1, 0.15) is 70.3 Å². The third-order valence-electron chi connectivity index (χ3n) is 7.17. The molecule has 0 atom stereocenters. The number of anilines is 1. The summed E-state index contributed by atoms with van der Waals surface area (Å²) in [6.07, 6.45) is 8.19. The van der Waals surface area contributed by atoms with Crippen molar-refractivity contribution >= 4 is 27.5 Å². The summed E-state index contributed by atoms with van der Waals surface area (Å²) < 4.78 is 28.5. The van der Waals surface area contributed by atoms with E-state index in [1.165, 1.54) is 6.42 Å². The number of likely N-dealkylation sites (tertiary alicyclic amines) is 1. The topological polar surface area (TPSA) is 86.8 Å². The van der Waals surface area contributed by atoms with E-state index < -0.39 is 10.0 Å². The van der Waals surface area contributed by atoms with Crippen LogP contribution < -0.4 is 9.62 Å². The van der Waals surface area contributed by atoms with Crippen molar-refractivity contribution in [2.75, 3.05) is 24.5 Å². The number of amides is 2. The summed E-state index contributed by atoms with van der Waals surface area (Å²) in [5.74, 6) is 0.645. The molecule has 176 valence electrons. The summed E-state index contributed by atoms with van der Waals surface area (Å²) in [5, 5.41) is 0. The summed E-state index contributed by atoms with van der Waals surface area (Å²) >= 11 is 0. The molecule has 3 aliphatic rings. The maximum absolute atomic E-state index is 12.8. The van der Waals surface area contributed by atoms with Crippen LogP contribution in [0.4, 0.5) is 5.69 Å². The van der Waals surface area contributed by atoms with Crippen LogP contribution in [0.5, 0.6) is 0 Å². The lowest BCUT2D eigenvalue weighted by Gasteiger charge is -2.30. The van der Waals surface area contributed by atoms with Gasteiger partial charge in [-0.2, -0.15) is 0 Å². The molecule has 1 saturated heterocycles. The minimum absolute atomic E-state index is 0.0146. The number of hydrogen-bond donors (Lipinski definition) is 1. The molecule has 0 radical (unpaired) electrons. The lowest BCUT2D eigenvalue weighted by molar-refractivity contribution is -0.134. The van der Waals surface area contributed by atoms with Gasteiger partial charge >= 0.3 is 0 Å². The van der Waals surface area contributed by atoms with Crippen LogP contribution in [-0.2, 0) is 26.0 Å². The average Bonchev–Trinajstić information content (AvgIpc) is 3.21. The highest BCUT2D eigenvalue weighted by Crippen LogP contribution is 2.31. The fourth-order valence-electron chi connectivity index (χ4n) is 5.08. The van der Waals surface area contributed by atoms with Crippen molar-refractivity contribution in [3.63, 3.8) is 0 Å². The number of rotatable bonds is 6. The number of carbonyl (C=O) groups is 2. The lowest BCUT2D eigenvalue weighted by Crippen LogP contribution is -2.38. The van der Waals surface area contributed by atoms with Crippen LogP contribution in [0.3, 0.4) is 0 Å². The summed E-state index contributed by atoms with van der Waals surface area (Å²) in [4.78, 5) is 29.1. The van der Waals surface area contributed by atoms with Crippen molar-refractivity contribution in [3.8, 4) is 0 Å². The molecule has 32 heavy (non-hydrogen) atoms. The zero-order valence-electron chi connectivity index (χ0n) is 19.0. The van der Waals surface area contributed by atoms with Crippen molar-refractivity contribution in [2.45, 2.75) is 82.1 Å². The smallest absolute Gasteiger partial charge is 0.240 e. The quantitative estimate of drug-likeness (QED) is 0.705. The Morgan fingerprint density at radius 1 is 0.969 bits per heavy atom. The number of piperidine rings is 1. The minimum atomic E-state index is -3.56. The molecule has 2 fully saturated rings. The van der Waals surface area contributed by atoms with Crippen molar-refractivity contribution in [1.82, 2.24) is 9.62 Å². The first-order chi connectivity index (χ1) is 15.3. The van der Waals surface area contributed by atoms with Gasteiger partial charge in [0, 0.05) is 44.2 Å². The Balaban J connectivity index is 1.35. The van der Waals surface area contributed by atoms with E-state index in [9.17, 15) is 18.0 Å². The maximum Gasteiger partial charge on any atom is 0.240 e. The van der Waals surface area contributed by atoms with E-state index in [1.54, 1.807) is 23.1 Å². The number of nitrogens with zero attached hydrogens (tertiary/aromatic N) is 2. The van der Waals surface area contributed by atoms with Crippen molar-refractivity contribution in [2.24, 2.45) is 5.92 Å². The van der Waals surface area contributed by atoms with Crippen LogP contribution in [0, 0.1) is 5.92 Å². The maximum atomic E-state index is 12.8. The highest BCUT2D eigenvalue weighted by molar-refractivity contribution is 7.89. The van der Waals surface area contributed by atoms with Crippen molar-refractivity contribution in [3.05, 3.63) is 23.8 Å². The van der Waals surface area contributed by atoms with E-state index in [0.29, 0.717) is 18.9 Å². The Morgan fingerprint density at radius 2 is 1.66 bits per heavy atom. The number of fused-ring (bicyclic) bond motifs is 1. The van der Waals surface area contributed by atoms with Gasteiger partial charge in [-0.1, -0.05) is 26.2 Å². The summed E-state index contributed by atoms with van der Waals surface area (Å²) in [7, 11) is -3.56. The fraction of sp³-hybridized carbons (Fsp3) is 0.667. The molecular weight excluding hydrogens is 426 g/mol. The van der Waals surface area contributed by atoms with E-state index in [0.717, 1.165) is 62.9 Å². The minimum Gasteiger partial charge on any atom is -0.343 e. The third kappa shape index (κ3) is 5.34. The number of carbonyl (C=O) groups excluding carboxylic acids is 2. The Morgan fingerprint density at radius 3 is 2.38 bits per heavy atom. The molecule has 4 rings (SSSR count). The number of sulfonamides is 1. The first-order valence-electron chi connectivity index (χ1n) is 12.1. The largest absolute Gasteiger partial charge is 0.343 e. The molecule has 1 aliphatic carbocycles. The van der Waals surface area contributed by atoms with Gasteiger partial charge in [0.2, 0.25) is 21.8 Å². The zero-order chi connectivity index (χ0) is 22.7. The highest BCUT2D eigenvalue weighted by Gasteiger charge is 2.29. The molecule has 1 N–H and O–H groups in total. The molecule has 8 heteroatoms. The molecule has 1 aromatic rings. The normalized spacial score (nSPS) is 20.4. The number of hydrogen-bond acceptors (Lipinski definition) is 4. The molecule has 0 bridgehead atoms. The molecular formula is C24H35N3O4S. The van der Waals surface area contributed by atoms with Gasteiger partial charge in [-0.15, -0.1) is 0 Å². The summed E-state index contributed by atoms with van der Waals surface area (Å²) in [6, 6.07) is 5.05. The number of nitrogens with one attached hydrogen (secondary N) is 1. The molecule has 7 nitrogen and oxygen atoms in total. The van der Waals surface area contributed by atoms with Gasteiger partial charge in [0.05, 0.1) is 4.90 Å². The van der Waals surface area contributed by atoms with Crippen LogP contribution >= 0.6 is 0 Å². The standard InChI is InChI=1S/C24H35N3O4S/c1-18-11-14-26(15-12-18)23(28)9-10-24(29)27-16-13-19-17-21(7-8-22(19)27)32(30,31)25-20-5-3-2-4-6-20/h7-8,17-18,20,25H,2-6,9-16H2,1H3. The monoisotopic (exact) mass is 461 g/mol. The van der Waals surface area contributed by atoms with Gasteiger partial charge in [0.1, 0.15) is 0 Å². The van der Waals surface area contributed by atoms with E-state index in [1.807, 2.05) is 4.90 Å². The first-order valence-corrected chi connectivity index (χ1v) is 13.6. The zero-order valence-corrected chi connectivity index (χ0v) is 19.8. The Bertz CT molecular complexity index is 948. The van der Waals surface area contributed by atoms with Crippen LogP contribution in [0.2, 0.25) is 0 Å². The molecule has 2 aliphatic heterocycles. The van der Waals surface area contributed by atoms with E-state index in [2.05, 4.69) is 11.6 Å². The first kappa shape index (κ1) is 23.2. The molecule has 1 aromatic carbocycles. The molecule has 0 unspecified atom stereocenters.